The molecule has 1 N–H and O–H groups in total. The zero-order valence-electron chi connectivity index (χ0n) is 10.0. The Kier molecular flexibility index (Phi) is 2.74. The van der Waals surface area contributed by atoms with Gasteiger partial charge in [-0.2, -0.15) is 0 Å². The van der Waals surface area contributed by atoms with Gasteiger partial charge in [0.05, 0.1) is 17.6 Å². The SMILES string of the molecule is CNCc1cn(-c2cccc3cnccc23)nn1. The monoisotopic (exact) mass is 239 g/mol. The third-order valence-electron chi connectivity index (χ3n) is 2.80. The molecular formula is C13H13N5. The molecule has 3 aromatic rings. The molecule has 0 unspecified atom stereocenters. The number of pyridine rings is 1. The van der Waals surface area contributed by atoms with Crippen molar-refractivity contribution in [3.05, 3.63) is 48.5 Å². The van der Waals surface area contributed by atoms with Crippen molar-refractivity contribution in [2.75, 3.05) is 7.05 Å². The number of nitrogens with zero attached hydrogens (tertiary/aromatic N) is 4. The van der Waals surface area contributed by atoms with Crippen LogP contribution in [-0.2, 0) is 6.54 Å². The molecular weight excluding hydrogens is 226 g/mol. The second-order valence-corrected chi connectivity index (χ2v) is 4.06. The molecule has 0 spiro atoms. The van der Waals surface area contributed by atoms with Gasteiger partial charge in [0.1, 0.15) is 0 Å². The Balaban J connectivity index is 2.12. The zero-order chi connectivity index (χ0) is 12.4. The number of benzene rings is 1. The van der Waals surface area contributed by atoms with E-state index in [0.29, 0.717) is 6.54 Å². The van der Waals surface area contributed by atoms with E-state index in [1.165, 1.54) is 0 Å². The van der Waals surface area contributed by atoms with Gasteiger partial charge in [0.2, 0.25) is 0 Å². The van der Waals surface area contributed by atoms with E-state index in [-0.39, 0.29) is 0 Å². The van der Waals surface area contributed by atoms with Crippen molar-refractivity contribution < 1.29 is 0 Å². The lowest BCUT2D eigenvalue weighted by molar-refractivity contribution is 0.768. The van der Waals surface area contributed by atoms with Crippen molar-refractivity contribution in [3.8, 4) is 5.69 Å². The van der Waals surface area contributed by atoms with E-state index in [9.17, 15) is 0 Å². The van der Waals surface area contributed by atoms with Crippen molar-refractivity contribution in [1.82, 2.24) is 25.3 Å². The fourth-order valence-electron chi connectivity index (χ4n) is 1.98. The summed E-state index contributed by atoms with van der Waals surface area (Å²) in [7, 11) is 1.89. The lowest BCUT2D eigenvalue weighted by atomic mass is 10.1. The second kappa shape index (κ2) is 4.54. The summed E-state index contributed by atoms with van der Waals surface area (Å²) in [4.78, 5) is 4.13. The van der Waals surface area contributed by atoms with Gasteiger partial charge in [-0.1, -0.05) is 17.3 Å². The second-order valence-electron chi connectivity index (χ2n) is 4.06. The van der Waals surface area contributed by atoms with E-state index < -0.39 is 0 Å². The summed E-state index contributed by atoms with van der Waals surface area (Å²) in [5.74, 6) is 0. The Bertz CT molecular complexity index is 668. The van der Waals surface area contributed by atoms with Crippen molar-refractivity contribution in [2.24, 2.45) is 0 Å². The van der Waals surface area contributed by atoms with E-state index in [1.807, 2.05) is 43.7 Å². The van der Waals surface area contributed by atoms with Crippen molar-refractivity contribution in [2.45, 2.75) is 6.54 Å². The van der Waals surface area contributed by atoms with Crippen LogP contribution in [-0.4, -0.2) is 27.0 Å². The van der Waals surface area contributed by atoms with Gasteiger partial charge >= 0.3 is 0 Å². The molecule has 2 heterocycles. The first-order valence-corrected chi connectivity index (χ1v) is 5.77. The van der Waals surface area contributed by atoms with Crippen LogP contribution in [0.25, 0.3) is 16.5 Å². The number of aromatic nitrogens is 4. The molecule has 5 nitrogen and oxygen atoms in total. The van der Waals surface area contributed by atoms with Crippen LogP contribution in [0.5, 0.6) is 0 Å². The molecule has 1 aromatic carbocycles. The van der Waals surface area contributed by atoms with Crippen molar-refractivity contribution >= 4 is 10.8 Å². The number of rotatable bonds is 3. The molecule has 0 saturated carbocycles. The highest BCUT2D eigenvalue weighted by atomic mass is 15.4. The molecule has 3 rings (SSSR count). The van der Waals surface area contributed by atoms with Gasteiger partial charge in [-0.25, -0.2) is 4.68 Å². The average Bonchev–Trinajstić information content (AvgIpc) is 2.87. The summed E-state index contributed by atoms with van der Waals surface area (Å²) in [5, 5.41) is 13.6. The fraction of sp³-hybridized carbons (Fsp3) is 0.154. The summed E-state index contributed by atoms with van der Waals surface area (Å²) in [6, 6.07) is 8.06. The molecule has 0 radical (unpaired) electrons. The molecule has 0 aliphatic rings. The Hall–Kier alpha value is -2.27. The van der Waals surface area contributed by atoms with Crippen LogP contribution < -0.4 is 5.32 Å². The Morgan fingerprint density at radius 1 is 1.28 bits per heavy atom. The molecule has 5 heteroatoms. The molecule has 0 aliphatic carbocycles. The number of hydrogen-bond acceptors (Lipinski definition) is 4. The third kappa shape index (κ3) is 1.84. The first-order chi connectivity index (χ1) is 8.88. The van der Waals surface area contributed by atoms with Crippen molar-refractivity contribution in [3.63, 3.8) is 0 Å². The third-order valence-corrected chi connectivity index (χ3v) is 2.80. The maximum absolute atomic E-state index is 4.16. The van der Waals surface area contributed by atoms with Gasteiger partial charge in [-0.05, 0) is 19.2 Å². The van der Waals surface area contributed by atoms with Gasteiger partial charge in [0.25, 0.3) is 0 Å². The lowest BCUT2D eigenvalue weighted by Gasteiger charge is -2.04. The molecule has 0 saturated heterocycles. The molecule has 2 aromatic heterocycles. The molecule has 90 valence electrons. The molecule has 18 heavy (non-hydrogen) atoms. The van der Waals surface area contributed by atoms with Crippen molar-refractivity contribution in [1.29, 1.82) is 0 Å². The van der Waals surface area contributed by atoms with Crippen LogP contribution in [0.4, 0.5) is 0 Å². The summed E-state index contributed by atoms with van der Waals surface area (Å²) in [6.07, 6.45) is 5.58. The Morgan fingerprint density at radius 2 is 2.22 bits per heavy atom. The fourth-order valence-corrected chi connectivity index (χ4v) is 1.98. The molecule has 0 aliphatic heterocycles. The molecule has 0 atom stereocenters. The van der Waals surface area contributed by atoms with Gasteiger partial charge < -0.3 is 5.32 Å². The topological polar surface area (TPSA) is 55.6 Å². The van der Waals surface area contributed by atoms with E-state index in [4.69, 9.17) is 0 Å². The molecule has 0 bridgehead atoms. The minimum Gasteiger partial charge on any atom is -0.314 e. The predicted molar refractivity (Wildman–Crippen MR) is 69.4 cm³/mol. The largest absolute Gasteiger partial charge is 0.314 e. The summed E-state index contributed by atoms with van der Waals surface area (Å²) in [6.45, 7) is 0.715. The number of fused-ring (bicyclic) bond motifs is 1. The van der Waals surface area contributed by atoms with Crippen LogP contribution >= 0.6 is 0 Å². The minimum absolute atomic E-state index is 0.715. The van der Waals surface area contributed by atoms with E-state index in [2.05, 4.69) is 20.6 Å². The summed E-state index contributed by atoms with van der Waals surface area (Å²) < 4.78 is 1.80. The smallest absolute Gasteiger partial charge is 0.0969 e. The van der Waals surface area contributed by atoms with E-state index >= 15 is 0 Å². The summed E-state index contributed by atoms with van der Waals surface area (Å²) >= 11 is 0. The predicted octanol–water partition coefficient (Wildman–Crippen LogP) is 1.53. The number of nitrogens with one attached hydrogen (secondary N) is 1. The maximum Gasteiger partial charge on any atom is 0.0969 e. The first-order valence-electron chi connectivity index (χ1n) is 5.77. The first kappa shape index (κ1) is 10.9. The summed E-state index contributed by atoms with van der Waals surface area (Å²) in [5.41, 5.74) is 1.94. The number of hydrogen-bond donors (Lipinski definition) is 1. The Labute approximate surface area is 104 Å². The molecule has 0 amide bonds. The van der Waals surface area contributed by atoms with Crippen LogP contribution in [0.3, 0.4) is 0 Å². The van der Waals surface area contributed by atoms with Crippen LogP contribution in [0.15, 0.2) is 42.9 Å². The zero-order valence-corrected chi connectivity index (χ0v) is 10.0. The van der Waals surface area contributed by atoms with Gasteiger partial charge in [-0.15, -0.1) is 5.10 Å². The van der Waals surface area contributed by atoms with Gasteiger partial charge in [0.15, 0.2) is 0 Å². The standard InChI is InChI=1S/C13H13N5/c1-14-8-11-9-18(17-16-11)13-4-2-3-10-7-15-6-5-12(10)13/h2-7,9,14H,8H2,1H3. The highest BCUT2D eigenvalue weighted by Crippen LogP contribution is 2.20. The van der Waals surface area contributed by atoms with Crippen LogP contribution in [0.1, 0.15) is 5.69 Å². The lowest BCUT2D eigenvalue weighted by Crippen LogP contribution is -2.05. The van der Waals surface area contributed by atoms with E-state index in [0.717, 1.165) is 22.2 Å². The average molecular weight is 239 g/mol. The van der Waals surface area contributed by atoms with Gasteiger partial charge in [-0.3, -0.25) is 4.98 Å². The quantitative estimate of drug-likeness (QED) is 0.753. The maximum atomic E-state index is 4.16. The normalized spacial score (nSPS) is 10.9. The van der Waals surface area contributed by atoms with Crippen LogP contribution in [0.2, 0.25) is 0 Å². The van der Waals surface area contributed by atoms with E-state index in [1.54, 1.807) is 10.9 Å². The Morgan fingerprint density at radius 3 is 3.11 bits per heavy atom. The minimum atomic E-state index is 0.715. The molecule has 0 fully saturated rings. The van der Waals surface area contributed by atoms with Gasteiger partial charge in [0, 0.05) is 29.7 Å². The highest BCUT2D eigenvalue weighted by molar-refractivity contribution is 5.89. The van der Waals surface area contributed by atoms with Crippen LogP contribution in [0, 0.1) is 0 Å². The highest BCUT2D eigenvalue weighted by Gasteiger charge is 2.05.